The van der Waals surface area contributed by atoms with Crippen LogP contribution in [0.3, 0.4) is 0 Å². The van der Waals surface area contributed by atoms with Gasteiger partial charge in [-0.3, -0.25) is 9.59 Å². The Morgan fingerprint density at radius 2 is 0.847 bits per heavy atom. The molecule has 59 heavy (non-hydrogen) atoms. The van der Waals surface area contributed by atoms with Crippen molar-refractivity contribution in [2.75, 3.05) is 13.2 Å². The fourth-order valence-corrected chi connectivity index (χ4v) is 7.96. The summed E-state index contributed by atoms with van der Waals surface area (Å²) in [6, 6.07) is -0.552. The quantitative estimate of drug-likeness (QED) is 0.0322. The fourth-order valence-electron chi connectivity index (χ4n) is 7.96. The van der Waals surface area contributed by atoms with E-state index < -0.39 is 12.1 Å². The van der Waals surface area contributed by atoms with E-state index in [9.17, 15) is 19.8 Å². The molecule has 0 aliphatic rings. The molecule has 2 atom stereocenters. The average molecular weight is 832 g/mol. The number of carbonyl (C=O) groups excluding carboxylic acids is 2. The van der Waals surface area contributed by atoms with E-state index in [1.165, 1.54) is 180 Å². The van der Waals surface area contributed by atoms with E-state index in [0.717, 1.165) is 64.2 Å². The molecule has 0 aliphatic carbocycles. The van der Waals surface area contributed by atoms with Gasteiger partial charge in [0.1, 0.15) is 0 Å². The first kappa shape index (κ1) is 57.3. The van der Waals surface area contributed by atoms with Gasteiger partial charge in [0.15, 0.2) is 0 Å². The first-order valence-corrected chi connectivity index (χ1v) is 26.1. The number of rotatable bonds is 48. The van der Waals surface area contributed by atoms with Gasteiger partial charge in [-0.25, -0.2) is 0 Å². The zero-order chi connectivity index (χ0) is 43.0. The number of hydrogen-bond donors (Lipinski definition) is 3. The molecule has 0 radical (unpaired) electrons. The maximum atomic E-state index is 12.4. The Bertz CT molecular complexity index is 920. The molecule has 0 aromatic carbocycles. The normalized spacial score (nSPS) is 12.8. The Morgan fingerprint density at radius 3 is 1.31 bits per heavy atom. The molecule has 348 valence electrons. The second-order valence-corrected chi connectivity index (χ2v) is 17.9. The number of esters is 1. The van der Waals surface area contributed by atoms with E-state index in [4.69, 9.17) is 4.74 Å². The summed E-state index contributed by atoms with van der Waals surface area (Å²) in [4.78, 5) is 24.5. The summed E-state index contributed by atoms with van der Waals surface area (Å²) in [5, 5.41) is 23.2. The summed E-state index contributed by atoms with van der Waals surface area (Å²) in [6.07, 6.45) is 57.1. The fraction of sp³-hybridized carbons (Fsp3) is 0.887. The first-order valence-electron chi connectivity index (χ1n) is 26.1. The molecule has 0 heterocycles. The van der Waals surface area contributed by atoms with Gasteiger partial charge >= 0.3 is 5.97 Å². The van der Waals surface area contributed by atoms with Crippen molar-refractivity contribution in [3.8, 4) is 0 Å². The van der Waals surface area contributed by atoms with E-state index in [1.807, 2.05) is 0 Å². The third-order valence-electron chi connectivity index (χ3n) is 12.0. The van der Waals surface area contributed by atoms with E-state index in [-0.39, 0.29) is 18.5 Å². The van der Waals surface area contributed by atoms with E-state index in [2.05, 4.69) is 43.5 Å². The molecular formula is C53H101NO5. The van der Waals surface area contributed by atoms with Crippen molar-refractivity contribution in [1.29, 1.82) is 0 Å². The lowest BCUT2D eigenvalue weighted by molar-refractivity contribution is -0.143. The van der Waals surface area contributed by atoms with E-state index >= 15 is 0 Å². The van der Waals surface area contributed by atoms with E-state index in [0.29, 0.717) is 25.9 Å². The Labute approximate surface area is 367 Å². The number of aliphatic hydroxyl groups excluding tert-OH is 2. The minimum Gasteiger partial charge on any atom is -0.466 e. The van der Waals surface area contributed by atoms with Gasteiger partial charge in [0, 0.05) is 12.8 Å². The van der Waals surface area contributed by atoms with Crippen molar-refractivity contribution in [1.82, 2.24) is 5.32 Å². The maximum absolute atomic E-state index is 12.4. The van der Waals surface area contributed by atoms with Crippen LogP contribution in [-0.2, 0) is 14.3 Å². The monoisotopic (exact) mass is 832 g/mol. The molecule has 3 N–H and O–H groups in total. The smallest absolute Gasteiger partial charge is 0.305 e. The Balaban J connectivity index is 3.45. The first-order chi connectivity index (χ1) is 29.0. The van der Waals surface area contributed by atoms with Crippen LogP contribution in [0.5, 0.6) is 0 Å². The molecular weight excluding hydrogens is 731 g/mol. The summed E-state index contributed by atoms with van der Waals surface area (Å²) >= 11 is 0. The van der Waals surface area contributed by atoms with Crippen LogP contribution in [0.4, 0.5) is 0 Å². The highest BCUT2D eigenvalue weighted by atomic mass is 16.5. The number of nitrogens with one attached hydrogen (secondary N) is 1. The molecule has 1 amide bonds. The number of amides is 1. The molecule has 0 spiro atoms. The SMILES string of the molecule is CCCCCC/C=C\C/C=C\CCCCCCCCCC(=O)OCCCCCCCCCCCCCCC(=O)NC(CO)C(O)CCCCCCCCCCCCCC. The minimum absolute atomic E-state index is 0.0167. The van der Waals surface area contributed by atoms with Gasteiger partial charge in [0.2, 0.25) is 5.91 Å². The van der Waals surface area contributed by atoms with Crippen LogP contribution < -0.4 is 5.32 Å². The second kappa shape index (κ2) is 49.0. The van der Waals surface area contributed by atoms with Crippen LogP contribution in [-0.4, -0.2) is 47.4 Å². The van der Waals surface area contributed by atoms with Crippen molar-refractivity contribution in [2.45, 2.75) is 289 Å². The van der Waals surface area contributed by atoms with Crippen molar-refractivity contribution in [3.63, 3.8) is 0 Å². The molecule has 2 unspecified atom stereocenters. The summed E-state index contributed by atoms with van der Waals surface area (Å²) in [5.41, 5.74) is 0. The molecule has 0 aliphatic heterocycles. The van der Waals surface area contributed by atoms with Crippen LogP contribution in [0.2, 0.25) is 0 Å². The summed E-state index contributed by atoms with van der Waals surface area (Å²) in [7, 11) is 0. The topological polar surface area (TPSA) is 95.9 Å². The maximum Gasteiger partial charge on any atom is 0.305 e. The van der Waals surface area contributed by atoms with Gasteiger partial charge in [0.05, 0.1) is 25.4 Å². The van der Waals surface area contributed by atoms with Crippen molar-refractivity contribution in [3.05, 3.63) is 24.3 Å². The Kier molecular flexibility index (Phi) is 47.6. The molecule has 0 bridgehead atoms. The van der Waals surface area contributed by atoms with Crippen LogP contribution >= 0.6 is 0 Å². The average Bonchev–Trinajstić information content (AvgIpc) is 3.24. The number of unbranched alkanes of at least 4 members (excludes halogenated alkanes) is 33. The summed E-state index contributed by atoms with van der Waals surface area (Å²) < 4.78 is 5.47. The highest BCUT2D eigenvalue weighted by molar-refractivity contribution is 5.76. The predicted octanol–water partition coefficient (Wildman–Crippen LogP) is 15.5. The molecule has 0 saturated carbocycles. The van der Waals surface area contributed by atoms with Crippen molar-refractivity contribution >= 4 is 11.9 Å². The number of allylic oxidation sites excluding steroid dienone is 4. The zero-order valence-corrected chi connectivity index (χ0v) is 39.5. The molecule has 6 nitrogen and oxygen atoms in total. The number of aliphatic hydroxyl groups is 2. The second-order valence-electron chi connectivity index (χ2n) is 17.9. The molecule has 0 saturated heterocycles. The van der Waals surface area contributed by atoms with Crippen molar-refractivity contribution in [2.24, 2.45) is 0 Å². The zero-order valence-electron chi connectivity index (χ0n) is 39.5. The molecule has 0 aromatic rings. The van der Waals surface area contributed by atoms with Gasteiger partial charge < -0.3 is 20.3 Å². The van der Waals surface area contributed by atoms with Gasteiger partial charge in [-0.05, 0) is 57.8 Å². The van der Waals surface area contributed by atoms with Gasteiger partial charge in [0.25, 0.3) is 0 Å². The predicted molar refractivity (Wildman–Crippen MR) is 255 cm³/mol. The number of ether oxygens (including phenoxy) is 1. The molecule has 0 aromatic heterocycles. The lowest BCUT2D eigenvalue weighted by Gasteiger charge is -2.22. The Hall–Kier alpha value is -1.66. The van der Waals surface area contributed by atoms with Crippen LogP contribution in [0.25, 0.3) is 0 Å². The third kappa shape index (κ3) is 45.7. The number of hydrogen-bond acceptors (Lipinski definition) is 5. The van der Waals surface area contributed by atoms with Crippen LogP contribution in [0.1, 0.15) is 277 Å². The molecule has 6 heteroatoms. The number of carbonyl (C=O) groups is 2. The van der Waals surface area contributed by atoms with E-state index in [1.54, 1.807) is 0 Å². The van der Waals surface area contributed by atoms with Crippen molar-refractivity contribution < 1.29 is 24.5 Å². The lowest BCUT2D eigenvalue weighted by atomic mass is 10.0. The minimum atomic E-state index is -0.673. The van der Waals surface area contributed by atoms with Crippen LogP contribution in [0, 0.1) is 0 Å². The molecule has 0 rings (SSSR count). The summed E-state index contributed by atoms with van der Waals surface area (Å²) in [6.45, 7) is 4.89. The standard InChI is InChI=1S/C53H101NO5/c1-3-5-7-9-11-13-15-17-18-19-20-21-22-27-31-35-39-43-47-53(58)59-48-44-40-36-32-28-24-23-26-30-34-38-42-46-52(57)54-50(49-55)51(56)45-41-37-33-29-25-16-14-12-10-8-6-4-2/h13,15,18-19,50-51,55-56H,3-12,14,16-17,20-49H2,1-2H3,(H,54,57)/b15-13-,19-18-. The lowest BCUT2D eigenvalue weighted by Crippen LogP contribution is -2.45. The Morgan fingerprint density at radius 1 is 0.475 bits per heavy atom. The third-order valence-corrected chi connectivity index (χ3v) is 12.0. The highest BCUT2D eigenvalue weighted by Gasteiger charge is 2.20. The van der Waals surface area contributed by atoms with Gasteiger partial charge in [-0.2, -0.15) is 0 Å². The largest absolute Gasteiger partial charge is 0.466 e. The van der Waals surface area contributed by atoms with Crippen LogP contribution in [0.15, 0.2) is 24.3 Å². The molecule has 0 fully saturated rings. The van der Waals surface area contributed by atoms with Gasteiger partial charge in [-0.15, -0.1) is 0 Å². The van der Waals surface area contributed by atoms with Gasteiger partial charge in [-0.1, -0.05) is 231 Å². The summed E-state index contributed by atoms with van der Waals surface area (Å²) in [5.74, 6) is -0.0683. The highest BCUT2D eigenvalue weighted by Crippen LogP contribution is 2.16.